The lowest BCUT2D eigenvalue weighted by Crippen LogP contribution is -2.43. The third-order valence-corrected chi connectivity index (χ3v) is 4.66. The van der Waals surface area contributed by atoms with Crippen LogP contribution >= 0.6 is 23.2 Å². The van der Waals surface area contributed by atoms with Gasteiger partial charge in [-0.25, -0.2) is 17.5 Å². The van der Waals surface area contributed by atoms with Crippen molar-refractivity contribution in [1.29, 1.82) is 0 Å². The third-order valence-electron chi connectivity index (χ3n) is 2.42. The van der Waals surface area contributed by atoms with Crippen LogP contribution in [0.2, 0.25) is 10.0 Å². The highest BCUT2D eigenvalue weighted by atomic mass is 35.5. The summed E-state index contributed by atoms with van der Waals surface area (Å²) in [4.78, 5) is -0.436. The molecular weight excluding hydrogens is 318 g/mol. The van der Waals surface area contributed by atoms with Gasteiger partial charge in [0.15, 0.2) is 5.82 Å². The number of aliphatic hydroxyl groups excluding tert-OH is 1. The fraction of sp³-hybridized carbons (Fsp3) is 0.400. The number of sulfonamides is 1. The second-order valence-corrected chi connectivity index (χ2v) is 6.45. The van der Waals surface area contributed by atoms with E-state index < -0.39 is 37.9 Å². The van der Waals surface area contributed by atoms with Gasteiger partial charge in [-0.15, -0.1) is 0 Å². The molecule has 0 spiro atoms. The van der Waals surface area contributed by atoms with E-state index in [2.05, 4.69) is 4.72 Å². The van der Waals surface area contributed by atoms with Crippen molar-refractivity contribution in [2.45, 2.75) is 24.0 Å². The minimum atomic E-state index is -4.03. The highest BCUT2D eigenvalue weighted by molar-refractivity contribution is 7.89. The number of hydrogen-bond donors (Lipinski definition) is 3. The van der Waals surface area contributed by atoms with E-state index in [0.29, 0.717) is 0 Å². The molecule has 9 heteroatoms. The van der Waals surface area contributed by atoms with Gasteiger partial charge in [0, 0.05) is 12.6 Å². The zero-order valence-electron chi connectivity index (χ0n) is 9.90. The standard InChI is InChI=1S/C10H13Cl2FN2O3S/c1-5(16)7(14)4-15-19(17,18)8-3-2-6(11)10(13)9(8)12/h2-3,5,7,15-16H,4,14H2,1H3. The number of rotatable bonds is 5. The summed E-state index contributed by atoms with van der Waals surface area (Å²) in [7, 11) is -4.03. The smallest absolute Gasteiger partial charge is 0.242 e. The molecule has 1 aromatic rings. The number of nitrogens with one attached hydrogen (secondary N) is 1. The predicted molar refractivity (Wildman–Crippen MR) is 71.3 cm³/mol. The van der Waals surface area contributed by atoms with E-state index in [-0.39, 0.29) is 11.6 Å². The van der Waals surface area contributed by atoms with Gasteiger partial charge in [0.25, 0.3) is 0 Å². The van der Waals surface area contributed by atoms with Crippen molar-refractivity contribution >= 4 is 33.2 Å². The van der Waals surface area contributed by atoms with Crippen LogP contribution in [0, 0.1) is 5.82 Å². The summed E-state index contributed by atoms with van der Waals surface area (Å²) < 4.78 is 39.4. The molecule has 0 aromatic heterocycles. The molecule has 0 amide bonds. The van der Waals surface area contributed by atoms with Gasteiger partial charge in [-0.1, -0.05) is 23.2 Å². The van der Waals surface area contributed by atoms with Crippen LogP contribution in [-0.2, 0) is 10.0 Å². The van der Waals surface area contributed by atoms with Gasteiger partial charge < -0.3 is 10.8 Å². The third kappa shape index (κ3) is 4.01. The Morgan fingerprint density at radius 2 is 2.05 bits per heavy atom. The first-order chi connectivity index (χ1) is 8.66. The Balaban J connectivity index is 2.99. The fourth-order valence-electron chi connectivity index (χ4n) is 1.17. The molecule has 0 radical (unpaired) electrons. The van der Waals surface area contributed by atoms with Gasteiger partial charge in [0.05, 0.1) is 16.1 Å². The summed E-state index contributed by atoms with van der Waals surface area (Å²) in [6, 6.07) is 1.39. The summed E-state index contributed by atoms with van der Waals surface area (Å²) in [6.07, 6.45) is -0.889. The summed E-state index contributed by atoms with van der Waals surface area (Å²) >= 11 is 11.1. The van der Waals surface area contributed by atoms with E-state index in [1.165, 1.54) is 6.92 Å². The van der Waals surface area contributed by atoms with Crippen LogP contribution in [0.15, 0.2) is 17.0 Å². The molecule has 5 nitrogen and oxygen atoms in total. The zero-order valence-corrected chi connectivity index (χ0v) is 12.2. The Hall–Kier alpha value is -0.440. The lowest BCUT2D eigenvalue weighted by atomic mass is 10.2. The van der Waals surface area contributed by atoms with Crippen molar-refractivity contribution in [3.05, 3.63) is 28.0 Å². The van der Waals surface area contributed by atoms with Crippen LogP contribution in [0.5, 0.6) is 0 Å². The molecule has 0 fully saturated rings. The van der Waals surface area contributed by atoms with Crippen molar-refractivity contribution in [2.24, 2.45) is 5.73 Å². The predicted octanol–water partition coefficient (Wildman–Crippen LogP) is 1.12. The normalized spacial score (nSPS) is 15.3. The highest BCUT2D eigenvalue weighted by Gasteiger charge is 2.23. The largest absolute Gasteiger partial charge is 0.392 e. The van der Waals surface area contributed by atoms with Gasteiger partial charge in [0.2, 0.25) is 10.0 Å². The molecule has 108 valence electrons. The topological polar surface area (TPSA) is 92.4 Å². The molecule has 1 rings (SSSR count). The van der Waals surface area contributed by atoms with E-state index >= 15 is 0 Å². The van der Waals surface area contributed by atoms with E-state index in [4.69, 9.17) is 34.0 Å². The highest BCUT2D eigenvalue weighted by Crippen LogP contribution is 2.29. The first kappa shape index (κ1) is 16.6. The minimum absolute atomic E-state index is 0.208. The number of hydrogen-bond acceptors (Lipinski definition) is 4. The van der Waals surface area contributed by atoms with Gasteiger partial charge in [-0.2, -0.15) is 0 Å². The molecule has 19 heavy (non-hydrogen) atoms. The second-order valence-electron chi connectivity index (χ2n) is 3.93. The van der Waals surface area contributed by atoms with Gasteiger partial charge >= 0.3 is 0 Å². The summed E-state index contributed by atoms with van der Waals surface area (Å²) in [6.45, 7) is 1.22. The Morgan fingerprint density at radius 1 is 1.47 bits per heavy atom. The lowest BCUT2D eigenvalue weighted by Gasteiger charge is -2.16. The van der Waals surface area contributed by atoms with Crippen molar-refractivity contribution in [3.8, 4) is 0 Å². The van der Waals surface area contributed by atoms with Crippen molar-refractivity contribution in [3.63, 3.8) is 0 Å². The molecule has 0 aliphatic heterocycles. The van der Waals surface area contributed by atoms with Crippen molar-refractivity contribution in [1.82, 2.24) is 4.72 Å². The molecule has 0 aliphatic rings. The monoisotopic (exact) mass is 330 g/mol. The molecule has 0 bridgehead atoms. The van der Waals surface area contributed by atoms with Gasteiger partial charge in [0.1, 0.15) is 4.90 Å². The van der Waals surface area contributed by atoms with Crippen molar-refractivity contribution in [2.75, 3.05) is 6.54 Å². The summed E-state index contributed by atoms with van der Waals surface area (Å²) in [5.41, 5.74) is 5.49. The summed E-state index contributed by atoms with van der Waals surface area (Å²) in [5, 5.41) is 8.29. The Labute approximate surface area is 120 Å². The minimum Gasteiger partial charge on any atom is -0.392 e. The molecular formula is C10H13Cl2FN2O3S. The average Bonchev–Trinajstić information content (AvgIpc) is 2.32. The molecule has 0 saturated heterocycles. The zero-order chi connectivity index (χ0) is 14.8. The molecule has 0 aliphatic carbocycles. The van der Waals surface area contributed by atoms with E-state index in [1.54, 1.807) is 0 Å². The van der Waals surface area contributed by atoms with Gasteiger partial charge in [-0.05, 0) is 19.1 Å². The molecule has 1 aromatic carbocycles. The maximum absolute atomic E-state index is 13.4. The first-order valence-corrected chi connectivity index (χ1v) is 7.47. The number of aliphatic hydroxyl groups is 1. The van der Waals surface area contributed by atoms with Crippen LogP contribution in [0.4, 0.5) is 4.39 Å². The Bertz CT molecular complexity index is 566. The molecule has 2 atom stereocenters. The van der Waals surface area contributed by atoms with E-state index in [1.807, 2.05) is 0 Å². The van der Waals surface area contributed by atoms with E-state index in [9.17, 15) is 12.8 Å². The molecule has 0 heterocycles. The number of halogens is 3. The second kappa shape index (κ2) is 6.34. The summed E-state index contributed by atoms with van der Waals surface area (Å²) in [5.74, 6) is -1.01. The molecule has 0 saturated carbocycles. The Kier molecular flexibility index (Phi) is 5.54. The SMILES string of the molecule is CC(O)C(N)CNS(=O)(=O)c1ccc(Cl)c(F)c1Cl. The van der Waals surface area contributed by atoms with Crippen LogP contribution < -0.4 is 10.5 Å². The van der Waals surface area contributed by atoms with Crippen LogP contribution in [-0.4, -0.2) is 32.2 Å². The molecule has 2 unspecified atom stereocenters. The van der Waals surface area contributed by atoms with Crippen LogP contribution in [0.25, 0.3) is 0 Å². The van der Waals surface area contributed by atoms with E-state index in [0.717, 1.165) is 12.1 Å². The average molecular weight is 331 g/mol. The molecule has 4 N–H and O–H groups in total. The Morgan fingerprint density at radius 3 is 2.58 bits per heavy atom. The number of benzene rings is 1. The first-order valence-electron chi connectivity index (χ1n) is 5.23. The van der Waals surface area contributed by atoms with Crippen molar-refractivity contribution < 1.29 is 17.9 Å². The van der Waals surface area contributed by atoms with Gasteiger partial charge in [-0.3, -0.25) is 0 Å². The lowest BCUT2D eigenvalue weighted by molar-refractivity contribution is 0.164. The van der Waals surface area contributed by atoms with Crippen LogP contribution in [0.1, 0.15) is 6.92 Å². The number of nitrogens with two attached hydrogens (primary N) is 1. The fourth-order valence-corrected chi connectivity index (χ4v) is 2.99. The maximum atomic E-state index is 13.4. The van der Waals surface area contributed by atoms with Crippen LogP contribution in [0.3, 0.4) is 0 Å². The maximum Gasteiger partial charge on any atom is 0.242 e. The quantitative estimate of drug-likeness (QED) is 0.705.